The zero-order valence-corrected chi connectivity index (χ0v) is 14.9. The molecule has 0 aliphatic rings. The van der Waals surface area contributed by atoms with Gasteiger partial charge in [0.2, 0.25) is 5.88 Å². The third kappa shape index (κ3) is 4.04. The van der Waals surface area contributed by atoms with Crippen LogP contribution in [-0.2, 0) is 6.54 Å². The van der Waals surface area contributed by atoms with Crippen molar-refractivity contribution in [3.05, 3.63) is 96.8 Å². The lowest BCUT2D eigenvalue weighted by Gasteiger charge is -2.10. The van der Waals surface area contributed by atoms with Crippen LogP contribution < -0.4 is 10.1 Å². The molecule has 1 N–H and O–H groups in total. The Bertz CT molecular complexity index is 1050. The van der Waals surface area contributed by atoms with Gasteiger partial charge in [-0.1, -0.05) is 24.3 Å². The van der Waals surface area contributed by atoms with Gasteiger partial charge < -0.3 is 10.1 Å². The Morgan fingerprint density at radius 3 is 2.64 bits per heavy atom. The van der Waals surface area contributed by atoms with Crippen molar-refractivity contribution in [3.8, 4) is 17.4 Å². The first-order chi connectivity index (χ1) is 13.8. The molecule has 0 saturated carbocycles. The van der Waals surface area contributed by atoms with E-state index in [0.29, 0.717) is 17.9 Å². The van der Waals surface area contributed by atoms with Crippen molar-refractivity contribution in [2.24, 2.45) is 0 Å². The van der Waals surface area contributed by atoms with Gasteiger partial charge in [0.05, 0.1) is 0 Å². The van der Waals surface area contributed by atoms with E-state index in [-0.39, 0.29) is 11.8 Å². The maximum Gasteiger partial charge on any atom is 0.257 e. The average molecular weight is 371 g/mol. The van der Waals surface area contributed by atoms with Crippen LogP contribution in [0.25, 0.3) is 5.82 Å². The van der Waals surface area contributed by atoms with Crippen molar-refractivity contribution < 1.29 is 9.53 Å². The highest BCUT2D eigenvalue weighted by molar-refractivity contribution is 5.96. The second-order valence-corrected chi connectivity index (χ2v) is 5.95. The quantitative estimate of drug-likeness (QED) is 0.562. The number of carbonyl (C=O) groups is 1. The standard InChI is InChI=1S/C21H17N5O2/c27-20(18-7-4-10-23-21(18)28-17-5-2-1-3-6-17)25-14-16-8-9-19(24-13-16)26-12-11-22-15-26/h1-13,15H,14H2,(H,25,27). The zero-order chi connectivity index (χ0) is 19.2. The normalized spacial score (nSPS) is 10.4. The van der Waals surface area contributed by atoms with E-state index >= 15 is 0 Å². The molecule has 1 aromatic carbocycles. The zero-order valence-electron chi connectivity index (χ0n) is 14.9. The van der Waals surface area contributed by atoms with E-state index in [4.69, 9.17) is 4.74 Å². The van der Waals surface area contributed by atoms with E-state index in [1.807, 2.05) is 53.2 Å². The number of carbonyl (C=O) groups excluding carboxylic acids is 1. The summed E-state index contributed by atoms with van der Waals surface area (Å²) in [5.41, 5.74) is 1.25. The Hall–Kier alpha value is -4.00. The van der Waals surface area contributed by atoms with Gasteiger partial charge in [-0.25, -0.2) is 15.0 Å². The van der Waals surface area contributed by atoms with E-state index in [1.54, 1.807) is 37.1 Å². The largest absolute Gasteiger partial charge is 0.438 e. The number of nitrogens with zero attached hydrogens (tertiary/aromatic N) is 4. The second-order valence-electron chi connectivity index (χ2n) is 5.95. The number of amides is 1. The maximum atomic E-state index is 12.6. The van der Waals surface area contributed by atoms with Gasteiger partial charge >= 0.3 is 0 Å². The first-order valence-corrected chi connectivity index (χ1v) is 8.69. The molecule has 7 heteroatoms. The van der Waals surface area contributed by atoms with Crippen LogP contribution in [0.2, 0.25) is 0 Å². The van der Waals surface area contributed by atoms with Crippen LogP contribution in [0.1, 0.15) is 15.9 Å². The van der Waals surface area contributed by atoms with Crippen LogP contribution in [-0.4, -0.2) is 25.4 Å². The van der Waals surface area contributed by atoms with Crippen molar-refractivity contribution in [1.82, 2.24) is 24.8 Å². The van der Waals surface area contributed by atoms with Gasteiger partial charge in [-0.15, -0.1) is 0 Å². The molecule has 0 saturated heterocycles. The third-order valence-electron chi connectivity index (χ3n) is 4.00. The Morgan fingerprint density at radius 1 is 1.00 bits per heavy atom. The van der Waals surface area contributed by atoms with Crippen molar-refractivity contribution >= 4 is 5.91 Å². The molecule has 0 aliphatic heterocycles. The number of aromatic nitrogens is 4. The van der Waals surface area contributed by atoms with Gasteiger partial charge in [0.15, 0.2) is 0 Å². The number of ether oxygens (including phenoxy) is 1. The molecule has 7 nitrogen and oxygen atoms in total. The number of hydrogen-bond donors (Lipinski definition) is 1. The minimum atomic E-state index is -0.266. The number of benzene rings is 1. The molecule has 0 atom stereocenters. The highest BCUT2D eigenvalue weighted by Gasteiger charge is 2.14. The predicted octanol–water partition coefficient (Wildman–Crippen LogP) is 3.38. The van der Waals surface area contributed by atoms with Crippen LogP contribution in [0.5, 0.6) is 11.6 Å². The van der Waals surface area contributed by atoms with Gasteiger partial charge in [-0.3, -0.25) is 9.36 Å². The average Bonchev–Trinajstić information content (AvgIpc) is 3.28. The number of rotatable bonds is 6. The summed E-state index contributed by atoms with van der Waals surface area (Å²) in [6.07, 6.45) is 8.51. The molecule has 4 rings (SSSR count). The smallest absolute Gasteiger partial charge is 0.257 e. The maximum absolute atomic E-state index is 12.6. The molecule has 0 aliphatic carbocycles. The molecule has 0 unspecified atom stereocenters. The second kappa shape index (κ2) is 8.13. The molecule has 0 radical (unpaired) electrons. The molecule has 1 amide bonds. The molecule has 0 fully saturated rings. The molecule has 138 valence electrons. The fourth-order valence-corrected chi connectivity index (χ4v) is 2.59. The van der Waals surface area contributed by atoms with Crippen LogP contribution in [0.15, 0.2) is 85.7 Å². The Labute approximate surface area is 161 Å². The Balaban J connectivity index is 1.43. The van der Waals surface area contributed by atoms with Gasteiger partial charge in [0.25, 0.3) is 5.91 Å². The number of para-hydroxylation sites is 1. The van der Waals surface area contributed by atoms with Crippen LogP contribution >= 0.6 is 0 Å². The van der Waals surface area contributed by atoms with E-state index < -0.39 is 0 Å². The highest BCUT2D eigenvalue weighted by atomic mass is 16.5. The molecular formula is C21H17N5O2. The van der Waals surface area contributed by atoms with E-state index in [0.717, 1.165) is 11.4 Å². The predicted molar refractivity (Wildman–Crippen MR) is 103 cm³/mol. The van der Waals surface area contributed by atoms with Crippen LogP contribution in [0.3, 0.4) is 0 Å². The summed E-state index contributed by atoms with van der Waals surface area (Å²) in [6, 6.07) is 16.4. The van der Waals surface area contributed by atoms with Crippen molar-refractivity contribution in [2.75, 3.05) is 0 Å². The summed E-state index contributed by atoms with van der Waals surface area (Å²) in [5.74, 6) is 1.38. The Kier molecular flexibility index (Phi) is 5.06. The first kappa shape index (κ1) is 17.4. The summed E-state index contributed by atoms with van der Waals surface area (Å²) in [6.45, 7) is 0.343. The van der Waals surface area contributed by atoms with Crippen molar-refractivity contribution in [2.45, 2.75) is 6.54 Å². The van der Waals surface area contributed by atoms with E-state index in [9.17, 15) is 4.79 Å². The number of hydrogen-bond acceptors (Lipinski definition) is 5. The van der Waals surface area contributed by atoms with E-state index in [2.05, 4.69) is 20.3 Å². The number of imidazole rings is 1. The summed E-state index contributed by atoms with van der Waals surface area (Å²) >= 11 is 0. The number of nitrogens with one attached hydrogen (secondary N) is 1. The summed E-state index contributed by atoms with van der Waals surface area (Å²) in [7, 11) is 0. The minimum absolute atomic E-state index is 0.264. The van der Waals surface area contributed by atoms with Gasteiger partial charge in [-0.05, 0) is 35.9 Å². The van der Waals surface area contributed by atoms with Gasteiger partial charge in [0, 0.05) is 31.3 Å². The first-order valence-electron chi connectivity index (χ1n) is 8.69. The minimum Gasteiger partial charge on any atom is -0.438 e. The summed E-state index contributed by atoms with van der Waals surface area (Å²) in [4.78, 5) is 25.2. The molecule has 28 heavy (non-hydrogen) atoms. The van der Waals surface area contributed by atoms with Crippen LogP contribution in [0.4, 0.5) is 0 Å². The van der Waals surface area contributed by atoms with Gasteiger partial charge in [0.1, 0.15) is 23.5 Å². The third-order valence-corrected chi connectivity index (χ3v) is 4.00. The fraction of sp³-hybridized carbons (Fsp3) is 0.0476. The monoisotopic (exact) mass is 371 g/mol. The molecule has 0 spiro atoms. The van der Waals surface area contributed by atoms with Crippen molar-refractivity contribution in [1.29, 1.82) is 0 Å². The SMILES string of the molecule is O=C(NCc1ccc(-n2ccnc2)nc1)c1cccnc1Oc1ccccc1. The topological polar surface area (TPSA) is 81.9 Å². The van der Waals surface area contributed by atoms with Gasteiger partial charge in [-0.2, -0.15) is 0 Å². The molecule has 0 bridgehead atoms. The molecule has 4 aromatic rings. The molecule has 3 heterocycles. The number of pyridine rings is 2. The lowest BCUT2D eigenvalue weighted by atomic mass is 10.2. The lowest BCUT2D eigenvalue weighted by molar-refractivity contribution is 0.0948. The Morgan fingerprint density at radius 2 is 1.89 bits per heavy atom. The summed E-state index contributed by atoms with van der Waals surface area (Å²) in [5, 5.41) is 2.88. The summed E-state index contributed by atoms with van der Waals surface area (Å²) < 4.78 is 7.56. The highest BCUT2D eigenvalue weighted by Crippen LogP contribution is 2.22. The van der Waals surface area contributed by atoms with E-state index in [1.165, 1.54) is 0 Å². The molecular weight excluding hydrogens is 354 g/mol. The lowest BCUT2D eigenvalue weighted by Crippen LogP contribution is -2.23. The molecule has 3 aromatic heterocycles. The van der Waals surface area contributed by atoms with Crippen molar-refractivity contribution in [3.63, 3.8) is 0 Å². The van der Waals surface area contributed by atoms with Crippen LogP contribution in [0, 0.1) is 0 Å². The fourth-order valence-electron chi connectivity index (χ4n) is 2.59.